The lowest BCUT2D eigenvalue weighted by Gasteiger charge is -2.29. The number of rotatable bonds is 4. The number of hydrogen-bond acceptors (Lipinski definition) is 6. The summed E-state index contributed by atoms with van der Waals surface area (Å²) in [7, 11) is 4.68. The van der Waals surface area contributed by atoms with E-state index in [1.54, 1.807) is 7.11 Å². The summed E-state index contributed by atoms with van der Waals surface area (Å²) in [4.78, 5) is 12.5. The van der Waals surface area contributed by atoms with Crippen LogP contribution in [-0.4, -0.2) is 38.7 Å². The second-order valence-electron chi connectivity index (χ2n) is 7.14. The van der Waals surface area contributed by atoms with Crippen LogP contribution >= 0.6 is 0 Å². The molecule has 0 saturated carbocycles. The molecule has 1 atom stereocenters. The topological polar surface area (TPSA) is 74.2 Å². The van der Waals surface area contributed by atoms with Crippen LogP contribution in [0.2, 0.25) is 0 Å². The summed E-state index contributed by atoms with van der Waals surface area (Å²) < 4.78 is 21.7. The van der Waals surface area contributed by atoms with Gasteiger partial charge >= 0.3 is 5.97 Å². The van der Waals surface area contributed by atoms with Gasteiger partial charge in [0.25, 0.3) is 0 Å². The van der Waals surface area contributed by atoms with Gasteiger partial charge in [0.15, 0.2) is 6.29 Å². The Morgan fingerprint density at radius 3 is 2.33 bits per heavy atom. The molecule has 0 fully saturated rings. The molecule has 1 aliphatic heterocycles. The number of aliphatic hydroxyl groups excluding tert-OH is 1. The number of fused-ring (bicyclic) bond motifs is 3. The molecule has 0 unspecified atom stereocenters. The zero-order valence-electron chi connectivity index (χ0n) is 14.8. The Labute approximate surface area is 141 Å². The third-order valence-electron chi connectivity index (χ3n) is 4.82. The fourth-order valence-corrected chi connectivity index (χ4v) is 3.98. The van der Waals surface area contributed by atoms with Crippen LogP contribution in [0.5, 0.6) is 5.75 Å². The van der Waals surface area contributed by atoms with Gasteiger partial charge in [0.2, 0.25) is 6.29 Å². The molecule has 0 radical (unpaired) electrons. The first-order valence-corrected chi connectivity index (χ1v) is 8.02. The number of esters is 1. The molecule has 1 aliphatic carbocycles. The molecule has 2 aliphatic rings. The smallest absolute Gasteiger partial charge is 0.341 e. The van der Waals surface area contributed by atoms with Crippen LogP contribution in [0, 0.1) is 5.41 Å². The number of methoxy groups -OCH3 is 3. The van der Waals surface area contributed by atoms with Gasteiger partial charge in [-0.15, -0.1) is 0 Å². The standard InChI is InChI=1S/C18H24O6/c1-18(2)7-10-11(8-18)15(21-3)14(17(22-4)23-5)9-6-12(19)24-16(20)13(9)10/h12,17,19H,6-8H2,1-5H3/t12-/m1/s1. The van der Waals surface area contributed by atoms with Crippen molar-refractivity contribution < 1.29 is 28.8 Å². The highest BCUT2D eigenvalue weighted by Crippen LogP contribution is 2.49. The molecule has 0 spiro atoms. The third kappa shape index (κ3) is 2.59. The SMILES string of the molecule is COc1c2c(c3c(c1C(OC)OC)C[C@H](O)OC3=O)CC(C)(C)C2. The molecule has 24 heavy (non-hydrogen) atoms. The van der Waals surface area contributed by atoms with Gasteiger partial charge in [-0.3, -0.25) is 0 Å². The molecule has 0 bridgehead atoms. The summed E-state index contributed by atoms with van der Waals surface area (Å²) in [5, 5.41) is 9.93. The van der Waals surface area contributed by atoms with Crippen LogP contribution in [0.1, 0.15) is 52.7 Å². The van der Waals surface area contributed by atoms with E-state index in [4.69, 9.17) is 18.9 Å². The quantitative estimate of drug-likeness (QED) is 0.671. The van der Waals surface area contributed by atoms with Crippen molar-refractivity contribution in [2.45, 2.75) is 45.7 Å². The highest BCUT2D eigenvalue weighted by atomic mass is 16.7. The number of aliphatic hydroxyl groups is 1. The second-order valence-corrected chi connectivity index (χ2v) is 7.14. The molecule has 1 aromatic rings. The summed E-state index contributed by atoms with van der Waals surface area (Å²) in [6.07, 6.45) is -0.0983. The predicted molar refractivity (Wildman–Crippen MR) is 86.1 cm³/mol. The Morgan fingerprint density at radius 2 is 1.75 bits per heavy atom. The maximum absolute atomic E-state index is 12.5. The monoisotopic (exact) mass is 336 g/mol. The van der Waals surface area contributed by atoms with Crippen molar-refractivity contribution in [2.75, 3.05) is 21.3 Å². The normalized spacial score (nSPS) is 21.5. The lowest BCUT2D eigenvalue weighted by molar-refractivity contribution is -0.109. The molecule has 0 saturated heterocycles. The molecule has 6 nitrogen and oxygen atoms in total. The molecule has 132 valence electrons. The molecular weight excluding hydrogens is 312 g/mol. The van der Waals surface area contributed by atoms with Crippen molar-refractivity contribution in [3.8, 4) is 5.75 Å². The number of cyclic esters (lactones) is 1. The maximum Gasteiger partial charge on any atom is 0.341 e. The van der Waals surface area contributed by atoms with E-state index < -0.39 is 18.5 Å². The molecule has 0 aromatic heterocycles. The Bertz CT molecular complexity index is 675. The van der Waals surface area contributed by atoms with Crippen molar-refractivity contribution in [1.29, 1.82) is 0 Å². The van der Waals surface area contributed by atoms with Crippen molar-refractivity contribution in [1.82, 2.24) is 0 Å². The van der Waals surface area contributed by atoms with Gasteiger partial charge < -0.3 is 24.1 Å². The van der Waals surface area contributed by atoms with Gasteiger partial charge in [-0.1, -0.05) is 13.8 Å². The van der Waals surface area contributed by atoms with Crippen LogP contribution in [0.4, 0.5) is 0 Å². The largest absolute Gasteiger partial charge is 0.496 e. The van der Waals surface area contributed by atoms with E-state index in [0.29, 0.717) is 22.4 Å². The van der Waals surface area contributed by atoms with Crippen LogP contribution < -0.4 is 4.74 Å². The van der Waals surface area contributed by atoms with E-state index in [1.165, 1.54) is 14.2 Å². The summed E-state index contributed by atoms with van der Waals surface area (Å²) in [5.74, 6) is 0.192. The van der Waals surface area contributed by atoms with E-state index in [0.717, 1.165) is 24.0 Å². The fourth-order valence-electron chi connectivity index (χ4n) is 3.98. The van der Waals surface area contributed by atoms with E-state index in [2.05, 4.69) is 13.8 Å². The molecule has 1 aromatic carbocycles. The summed E-state index contributed by atoms with van der Waals surface area (Å²) in [5.41, 5.74) is 3.89. The van der Waals surface area contributed by atoms with E-state index in [-0.39, 0.29) is 11.8 Å². The van der Waals surface area contributed by atoms with Gasteiger partial charge in [-0.2, -0.15) is 0 Å². The Kier molecular flexibility index (Phi) is 4.32. The maximum atomic E-state index is 12.5. The van der Waals surface area contributed by atoms with Gasteiger partial charge in [0.05, 0.1) is 18.2 Å². The molecule has 6 heteroatoms. The fraction of sp³-hybridized carbons (Fsp3) is 0.611. The van der Waals surface area contributed by atoms with E-state index in [9.17, 15) is 9.90 Å². The minimum absolute atomic E-state index is 0.0218. The lowest BCUT2D eigenvalue weighted by atomic mass is 9.87. The molecular formula is C18H24O6. The van der Waals surface area contributed by atoms with Gasteiger partial charge in [-0.05, 0) is 34.9 Å². The number of carbonyl (C=O) groups excluding carboxylic acids is 1. The first kappa shape index (κ1) is 17.2. The number of ether oxygens (including phenoxy) is 4. The third-order valence-corrected chi connectivity index (χ3v) is 4.82. The highest BCUT2D eigenvalue weighted by molar-refractivity contribution is 5.96. The Hall–Kier alpha value is -1.63. The zero-order valence-corrected chi connectivity index (χ0v) is 14.8. The van der Waals surface area contributed by atoms with Gasteiger partial charge in [0.1, 0.15) is 5.75 Å². The molecule has 0 amide bonds. The lowest BCUT2D eigenvalue weighted by Crippen LogP contribution is -2.31. The molecule has 1 N–H and O–H groups in total. The van der Waals surface area contributed by atoms with Crippen molar-refractivity contribution in [2.24, 2.45) is 5.41 Å². The first-order chi connectivity index (χ1) is 11.3. The van der Waals surface area contributed by atoms with Crippen LogP contribution in [0.3, 0.4) is 0 Å². The van der Waals surface area contributed by atoms with Gasteiger partial charge in [-0.25, -0.2) is 4.79 Å². The number of benzene rings is 1. The first-order valence-electron chi connectivity index (χ1n) is 8.02. The Balaban J connectivity index is 2.34. The average molecular weight is 336 g/mol. The molecule has 3 rings (SSSR count). The highest BCUT2D eigenvalue weighted by Gasteiger charge is 2.42. The minimum Gasteiger partial charge on any atom is -0.496 e. The number of hydrogen-bond donors (Lipinski definition) is 1. The van der Waals surface area contributed by atoms with Crippen molar-refractivity contribution in [3.05, 3.63) is 27.8 Å². The summed E-state index contributed by atoms with van der Waals surface area (Å²) in [6.45, 7) is 4.32. The van der Waals surface area contributed by atoms with Crippen molar-refractivity contribution >= 4 is 5.97 Å². The van der Waals surface area contributed by atoms with Crippen molar-refractivity contribution in [3.63, 3.8) is 0 Å². The van der Waals surface area contributed by atoms with Crippen LogP contribution in [0.25, 0.3) is 0 Å². The predicted octanol–water partition coefficient (Wildman–Crippen LogP) is 2.14. The van der Waals surface area contributed by atoms with E-state index >= 15 is 0 Å². The van der Waals surface area contributed by atoms with E-state index in [1.807, 2.05) is 0 Å². The second kappa shape index (κ2) is 6.02. The minimum atomic E-state index is -1.17. The average Bonchev–Trinajstić information content (AvgIpc) is 2.82. The van der Waals surface area contributed by atoms with Crippen LogP contribution in [-0.2, 0) is 33.5 Å². The number of carbonyl (C=O) groups is 1. The van der Waals surface area contributed by atoms with Gasteiger partial charge in [0, 0.05) is 20.6 Å². The summed E-state index contributed by atoms with van der Waals surface area (Å²) >= 11 is 0. The van der Waals surface area contributed by atoms with Crippen LogP contribution in [0.15, 0.2) is 0 Å². The zero-order chi connectivity index (χ0) is 17.6. The molecule has 1 heterocycles. The summed E-state index contributed by atoms with van der Waals surface area (Å²) in [6, 6.07) is 0. The Morgan fingerprint density at radius 1 is 1.12 bits per heavy atom.